The van der Waals surface area contributed by atoms with E-state index in [2.05, 4.69) is 4.98 Å². The molecule has 1 N–H and O–H groups in total. The quantitative estimate of drug-likeness (QED) is 0.315. The van der Waals surface area contributed by atoms with Crippen molar-refractivity contribution in [2.24, 2.45) is 0 Å². The second kappa shape index (κ2) is 7.91. The van der Waals surface area contributed by atoms with Crippen LogP contribution in [-0.2, 0) is 17.4 Å². The molecule has 3 amide bonds. The van der Waals surface area contributed by atoms with Gasteiger partial charge in [0.1, 0.15) is 12.1 Å². The van der Waals surface area contributed by atoms with E-state index in [9.17, 15) is 22.8 Å². The van der Waals surface area contributed by atoms with E-state index in [-0.39, 0.29) is 18.9 Å². The number of urea groups is 1. The number of aromatic nitrogens is 1. The van der Waals surface area contributed by atoms with Crippen molar-refractivity contribution >= 4 is 40.1 Å². The zero-order chi connectivity index (χ0) is 26.3. The van der Waals surface area contributed by atoms with E-state index in [0.717, 1.165) is 39.2 Å². The Morgan fingerprint density at radius 3 is 2.58 bits per heavy atom. The molecule has 4 heterocycles. The average molecular weight is 540 g/mol. The first-order chi connectivity index (χ1) is 18.2. The molecule has 0 radical (unpaired) electrons. The third-order valence-corrected chi connectivity index (χ3v) is 7.60. The fourth-order valence-corrected chi connectivity index (χ4v) is 5.84. The third-order valence-electron chi connectivity index (χ3n) is 7.28. The van der Waals surface area contributed by atoms with Gasteiger partial charge in [-0.25, -0.2) is 9.69 Å². The first-order valence-electron chi connectivity index (χ1n) is 11.7. The van der Waals surface area contributed by atoms with Gasteiger partial charge in [-0.15, -0.1) is 0 Å². The number of halogens is 4. The van der Waals surface area contributed by atoms with Gasteiger partial charge in [-0.2, -0.15) is 13.2 Å². The number of fused-ring (bicyclic) bond motifs is 5. The van der Waals surface area contributed by atoms with Crippen LogP contribution in [0, 0.1) is 0 Å². The molecule has 3 aliphatic rings. The first-order valence-corrected chi connectivity index (χ1v) is 12.1. The molecule has 0 unspecified atom stereocenters. The molecule has 0 spiro atoms. The van der Waals surface area contributed by atoms with Crippen LogP contribution < -0.4 is 14.4 Å². The van der Waals surface area contributed by atoms with Crippen LogP contribution in [0.15, 0.2) is 60.7 Å². The summed E-state index contributed by atoms with van der Waals surface area (Å²) in [7, 11) is 0. The maximum absolute atomic E-state index is 13.9. The Kier molecular flexibility index (Phi) is 4.78. The number of hydrogen-bond donors (Lipinski definition) is 1. The van der Waals surface area contributed by atoms with E-state index in [4.69, 9.17) is 21.1 Å². The summed E-state index contributed by atoms with van der Waals surface area (Å²) in [5.74, 6) is 0.459. The van der Waals surface area contributed by atoms with Crippen LogP contribution in [0.25, 0.3) is 10.9 Å². The van der Waals surface area contributed by atoms with Gasteiger partial charge in [-0.3, -0.25) is 9.69 Å². The molecule has 0 bridgehead atoms. The fraction of sp³-hybridized carbons (Fsp3) is 0.185. The van der Waals surface area contributed by atoms with Crippen LogP contribution in [0.2, 0.25) is 5.02 Å². The lowest BCUT2D eigenvalue weighted by molar-refractivity contribution is -0.137. The molecule has 1 fully saturated rings. The molecule has 7 nitrogen and oxygen atoms in total. The highest BCUT2D eigenvalue weighted by Gasteiger charge is 2.53. The first kappa shape index (κ1) is 23.0. The summed E-state index contributed by atoms with van der Waals surface area (Å²) < 4.78 is 51.7. The van der Waals surface area contributed by atoms with E-state index in [1.807, 2.05) is 24.3 Å². The highest BCUT2D eigenvalue weighted by atomic mass is 35.5. The number of nitrogens with one attached hydrogen (secondary N) is 1. The van der Waals surface area contributed by atoms with Gasteiger partial charge in [0, 0.05) is 23.0 Å². The molecule has 0 saturated carbocycles. The van der Waals surface area contributed by atoms with Crippen LogP contribution in [0.1, 0.15) is 28.4 Å². The van der Waals surface area contributed by atoms with E-state index in [1.165, 1.54) is 11.0 Å². The number of ether oxygens (including phenoxy) is 2. The van der Waals surface area contributed by atoms with Crippen LogP contribution >= 0.6 is 11.6 Å². The SMILES string of the molecule is O=C1[C@H]2Cc3c([nH]c4ccccc34)[C@H](c3ccc4c(c3)OCO4)N2C(=O)N1c1ccc(Cl)c(C(F)(F)F)c1. The summed E-state index contributed by atoms with van der Waals surface area (Å²) in [6.45, 7) is 0.0662. The number of aromatic amines is 1. The Bertz CT molecular complexity index is 1670. The molecule has 38 heavy (non-hydrogen) atoms. The van der Waals surface area contributed by atoms with Crippen molar-refractivity contribution in [2.45, 2.75) is 24.7 Å². The predicted octanol–water partition coefficient (Wildman–Crippen LogP) is 6.05. The third kappa shape index (κ3) is 3.22. The number of H-pyrrole nitrogens is 1. The lowest BCUT2D eigenvalue weighted by atomic mass is 9.88. The zero-order valence-electron chi connectivity index (χ0n) is 19.4. The van der Waals surface area contributed by atoms with E-state index < -0.39 is 40.8 Å². The van der Waals surface area contributed by atoms with Gasteiger partial charge in [0.25, 0.3) is 5.91 Å². The maximum Gasteiger partial charge on any atom is 0.417 e. The molecule has 3 aliphatic heterocycles. The molecule has 11 heteroatoms. The summed E-state index contributed by atoms with van der Waals surface area (Å²) in [5, 5.41) is 0.398. The fourth-order valence-electron chi connectivity index (χ4n) is 5.61. The number of benzene rings is 3. The second-order valence-corrected chi connectivity index (χ2v) is 9.73. The smallest absolute Gasteiger partial charge is 0.417 e. The summed E-state index contributed by atoms with van der Waals surface area (Å²) in [4.78, 5) is 33.3. The Morgan fingerprint density at radius 1 is 0.974 bits per heavy atom. The van der Waals surface area contributed by atoms with E-state index >= 15 is 0 Å². The van der Waals surface area contributed by atoms with E-state index in [0.29, 0.717) is 17.1 Å². The Hall–Kier alpha value is -4.18. The summed E-state index contributed by atoms with van der Waals surface area (Å²) in [6.07, 6.45) is -4.54. The topological polar surface area (TPSA) is 74.9 Å². The summed E-state index contributed by atoms with van der Waals surface area (Å²) in [5.41, 5.74) is 1.82. The van der Waals surface area contributed by atoms with Gasteiger partial charge in [0.15, 0.2) is 11.5 Å². The number of hydrogen-bond acceptors (Lipinski definition) is 4. The lowest BCUT2D eigenvalue weighted by Crippen LogP contribution is -2.44. The van der Waals surface area contributed by atoms with Gasteiger partial charge >= 0.3 is 12.2 Å². The van der Waals surface area contributed by atoms with Crippen LogP contribution in [0.5, 0.6) is 11.5 Å². The number of nitrogens with zero attached hydrogens (tertiary/aromatic N) is 2. The molecular weight excluding hydrogens is 523 g/mol. The second-order valence-electron chi connectivity index (χ2n) is 9.32. The van der Waals surface area contributed by atoms with Crippen molar-refractivity contribution in [2.75, 3.05) is 11.7 Å². The Labute approximate surface area is 218 Å². The van der Waals surface area contributed by atoms with Crippen LogP contribution in [0.3, 0.4) is 0 Å². The van der Waals surface area contributed by atoms with Crippen molar-refractivity contribution in [3.05, 3.63) is 88.1 Å². The van der Waals surface area contributed by atoms with Crippen molar-refractivity contribution in [3.63, 3.8) is 0 Å². The molecule has 1 aromatic heterocycles. The lowest BCUT2D eigenvalue weighted by Gasteiger charge is -2.36. The number of rotatable bonds is 2. The maximum atomic E-state index is 13.9. The van der Waals surface area contributed by atoms with Gasteiger partial charge in [0.2, 0.25) is 6.79 Å². The average Bonchev–Trinajstić information content (AvgIpc) is 3.57. The van der Waals surface area contributed by atoms with Gasteiger partial charge in [-0.1, -0.05) is 35.9 Å². The van der Waals surface area contributed by atoms with Crippen LogP contribution in [0.4, 0.5) is 23.7 Å². The standard InChI is InChI=1S/C27H17ClF3N3O4/c28-18-7-6-14(10-17(18)27(29,30)31)33-25(35)20-11-16-15-3-1-2-4-19(15)32-23(16)24(34(20)26(33)36)13-5-8-21-22(9-13)38-12-37-21/h1-10,20,24,32H,11-12H2/t20-,24+/m1/s1. The number of alkyl halides is 3. The molecular formula is C27H17ClF3N3O4. The predicted molar refractivity (Wildman–Crippen MR) is 131 cm³/mol. The highest BCUT2D eigenvalue weighted by molar-refractivity contribution is 6.31. The van der Waals surface area contributed by atoms with Crippen molar-refractivity contribution in [1.29, 1.82) is 0 Å². The van der Waals surface area contributed by atoms with Crippen molar-refractivity contribution < 1.29 is 32.2 Å². The molecule has 0 aliphatic carbocycles. The monoisotopic (exact) mass is 539 g/mol. The highest BCUT2D eigenvalue weighted by Crippen LogP contribution is 2.47. The number of imide groups is 1. The van der Waals surface area contributed by atoms with Gasteiger partial charge < -0.3 is 14.5 Å². The normalized spacial score (nSPS) is 20.3. The number of anilines is 1. The van der Waals surface area contributed by atoms with Crippen LogP contribution in [-0.4, -0.2) is 34.7 Å². The van der Waals surface area contributed by atoms with Crippen molar-refractivity contribution in [1.82, 2.24) is 9.88 Å². The molecule has 2 atom stereocenters. The van der Waals surface area contributed by atoms with Gasteiger partial charge in [0.05, 0.1) is 16.3 Å². The molecule has 4 aromatic rings. The van der Waals surface area contributed by atoms with Crippen molar-refractivity contribution in [3.8, 4) is 11.5 Å². The minimum Gasteiger partial charge on any atom is -0.454 e. The molecule has 7 rings (SSSR count). The summed E-state index contributed by atoms with van der Waals surface area (Å²) >= 11 is 5.79. The largest absolute Gasteiger partial charge is 0.454 e. The molecule has 3 aromatic carbocycles. The van der Waals surface area contributed by atoms with E-state index in [1.54, 1.807) is 18.2 Å². The number of carbonyl (C=O) groups is 2. The summed E-state index contributed by atoms with van der Waals surface area (Å²) in [6, 6.07) is 13.6. The number of carbonyl (C=O) groups excluding carboxylic acids is 2. The molecule has 1 saturated heterocycles. The molecule has 192 valence electrons. The Balaban J connectivity index is 1.39. The minimum absolute atomic E-state index is 0.0662. The number of para-hydroxylation sites is 1. The number of amides is 3. The Morgan fingerprint density at radius 2 is 1.76 bits per heavy atom. The zero-order valence-corrected chi connectivity index (χ0v) is 20.1. The minimum atomic E-state index is -4.75. The van der Waals surface area contributed by atoms with Gasteiger partial charge in [-0.05, 0) is 47.5 Å².